The Morgan fingerprint density at radius 2 is 1.86 bits per heavy atom. The molecule has 37 heavy (non-hydrogen) atoms. The van der Waals surface area contributed by atoms with Crippen LogP contribution in [0.4, 0.5) is 16.2 Å². The smallest absolute Gasteiger partial charge is 0.294 e. The molecule has 0 atom stereocenters. The van der Waals surface area contributed by atoms with Crippen molar-refractivity contribution in [3.05, 3.63) is 51.3 Å². The van der Waals surface area contributed by atoms with Gasteiger partial charge in [-0.2, -0.15) is 0 Å². The number of nitrogens with zero attached hydrogens (tertiary/aromatic N) is 2. The van der Waals surface area contributed by atoms with E-state index in [1.54, 1.807) is 24.3 Å². The van der Waals surface area contributed by atoms with Crippen LogP contribution < -0.4 is 19.7 Å². The summed E-state index contributed by atoms with van der Waals surface area (Å²) in [6.45, 7) is 6.93. The lowest BCUT2D eigenvalue weighted by molar-refractivity contribution is -0.127. The Morgan fingerprint density at radius 3 is 2.59 bits per heavy atom. The van der Waals surface area contributed by atoms with Crippen molar-refractivity contribution in [3.8, 4) is 11.5 Å². The highest BCUT2D eigenvalue weighted by Gasteiger charge is 2.36. The highest BCUT2D eigenvalue weighted by molar-refractivity contribution is 9.10. The Balaban J connectivity index is 1.47. The molecule has 2 fully saturated rings. The van der Waals surface area contributed by atoms with E-state index in [2.05, 4.69) is 26.1 Å². The number of carbonyl (C=O) groups excluding carboxylic acids is 3. The molecule has 2 aromatic rings. The number of imide groups is 1. The van der Waals surface area contributed by atoms with Gasteiger partial charge in [-0.05, 0) is 77.4 Å². The van der Waals surface area contributed by atoms with Crippen molar-refractivity contribution in [1.29, 1.82) is 0 Å². The summed E-state index contributed by atoms with van der Waals surface area (Å²) in [5.41, 5.74) is 2.16. The number of thioether (sulfide) groups is 1. The molecular formula is C26H28BrN3O6S. The summed E-state index contributed by atoms with van der Waals surface area (Å²) in [5.74, 6) is 0.132. The average molecular weight is 590 g/mol. The summed E-state index contributed by atoms with van der Waals surface area (Å²) < 4.78 is 17.4. The van der Waals surface area contributed by atoms with Gasteiger partial charge in [0.15, 0.2) is 11.5 Å². The number of amides is 3. The van der Waals surface area contributed by atoms with Gasteiger partial charge >= 0.3 is 0 Å². The summed E-state index contributed by atoms with van der Waals surface area (Å²) in [6, 6.07) is 11.0. The van der Waals surface area contributed by atoms with Crippen LogP contribution in [0.15, 0.2) is 45.8 Å². The lowest BCUT2D eigenvalue weighted by atomic mass is 10.2. The summed E-state index contributed by atoms with van der Waals surface area (Å²) in [7, 11) is 0. The number of hydrogen-bond acceptors (Lipinski definition) is 8. The molecule has 11 heteroatoms. The molecule has 0 saturated carbocycles. The fourth-order valence-corrected chi connectivity index (χ4v) is 5.41. The molecular weight excluding hydrogens is 562 g/mol. The summed E-state index contributed by atoms with van der Waals surface area (Å²) in [5, 5.41) is 2.36. The van der Waals surface area contributed by atoms with Crippen LogP contribution in [0.25, 0.3) is 6.08 Å². The summed E-state index contributed by atoms with van der Waals surface area (Å²) in [4.78, 5) is 41.8. The maximum atomic E-state index is 13.0. The molecule has 9 nitrogen and oxygen atoms in total. The minimum absolute atomic E-state index is 0.227. The summed E-state index contributed by atoms with van der Waals surface area (Å²) >= 11 is 4.29. The monoisotopic (exact) mass is 589 g/mol. The topological polar surface area (TPSA) is 97.4 Å². The first-order chi connectivity index (χ1) is 17.9. The first kappa shape index (κ1) is 27.0. The number of hydrogen-bond donors (Lipinski definition) is 1. The molecule has 0 radical (unpaired) electrons. The molecule has 2 aliphatic rings. The van der Waals surface area contributed by atoms with E-state index < -0.39 is 17.1 Å². The molecule has 0 unspecified atom stereocenters. The largest absolute Gasteiger partial charge is 0.490 e. The molecule has 2 heterocycles. The van der Waals surface area contributed by atoms with Crippen molar-refractivity contribution < 1.29 is 28.6 Å². The fraction of sp³-hybridized carbons (Fsp3) is 0.346. The maximum Gasteiger partial charge on any atom is 0.294 e. The Morgan fingerprint density at radius 1 is 1.14 bits per heavy atom. The fourth-order valence-electron chi connectivity index (χ4n) is 4.00. The highest BCUT2D eigenvalue weighted by atomic mass is 79.9. The predicted octanol–water partition coefficient (Wildman–Crippen LogP) is 4.76. The zero-order valence-corrected chi connectivity index (χ0v) is 23.0. The lowest BCUT2D eigenvalue weighted by Crippen LogP contribution is -2.38. The van der Waals surface area contributed by atoms with Gasteiger partial charge in [0.1, 0.15) is 6.54 Å². The van der Waals surface area contributed by atoms with Crippen molar-refractivity contribution in [2.75, 3.05) is 56.3 Å². The Labute approximate surface area is 228 Å². The number of ether oxygens (including phenoxy) is 3. The first-order valence-electron chi connectivity index (χ1n) is 12.0. The number of para-hydroxylation sites is 2. The molecule has 2 aliphatic heterocycles. The molecule has 0 aromatic heterocycles. The zero-order valence-electron chi connectivity index (χ0n) is 20.6. The molecule has 2 aromatic carbocycles. The highest BCUT2D eigenvalue weighted by Crippen LogP contribution is 2.39. The molecule has 2 saturated heterocycles. The van der Waals surface area contributed by atoms with Gasteiger partial charge in [-0.25, -0.2) is 0 Å². The van der Waals surface area contributed by atoms with Gasteiger partial charge in [-0.1, -0.05) is 12.1 Å². The summed E-state index contributed by atoms with van der Waals surface area (Å²) in [6.07, 6.45) is 1.61. The molecule has 1 N–H and O–H groups in total. The van der Waals surface area contributed by atoms with Crippen LogP contribution in [0.5, 0.6) is 11.5 Å². The number of halogens is 1. The van der Waals surface area contributed by atoms with Crippen LogP contribution in [-0.4, -0.2) is 68.0 Å². The average Bonchev–Trinajstić information content (AvgIpc) is 3.14. The van der Waals surface area contributed by atoms with E-state index in [0.717, 1.165) is 22.3 Å². The molecule has 196 valence electrons. The second kappa shape index (κ2) is 12.5. The number of rotatable bonds is 9. The minimum atomic E-state index is -0.519. The van der Waals surface area contributed by atoms with Gasteiger partial charge in [0, 0.05) is 13.1 Å². The van der Waals surface area contributed by atoms with E-state index in [1.807, 2.05) is 32.0 Å². The Bertz CT molecular complexity index is 1210. The van der Waals surface area contributed by atoms with Crippen LogP contribution in [-0.2, 0) is 14.3 Å². The Hall–Kier alpha value is -3.02. The van der Waals surface area contributed by atoms with Gasteiger partial charge in [0.2, 0.25) is 5.91 Å². The van der Waals surface area contributed by atoms with Crippen LogP contribution in [0.2, 0.25) is 0 Å². The third-order valence-electron chi connectivity index (χ3n) is 5.62. The third kappa shape index (κ3) is 6.46. The van der Waals surface area contributed by atoms with Gasteiger partial charge in [-0.3, -0.25) is 19.3 Å². The van der Waals surface area contributed by atoms with E-state index in [1.165, 1.54) is 0 Å². The molecule has 4 rings (SSSR count). The van der Waals surface area contributed by atoms with Gasteiger partial charge < -0.3 is 24.4 Å². The predicted molar refractivity (Wildman–Crippen MR) is 147 cm³/mol. The number of anilines is 2. The zero-order chi connectivity index (χ0) is 26.4. The van der Waals surface area contributed by atoms with Gasteiger partial charge in [-0.15, -0.1) is 0 Å². The van der Waals surface area contributed by atoms with E-state index in [0.29, 0.717) is 66.7 Å². The molecule has 0 bridgehead atoms. The number of carbonyl (C=O) groups is 3. The SMILES string of the molecule is CCOc1cc(/C=C2/SC(=O)N(CC(=O)Nc3ccccc3N3CCOCC3)C2=O)cc(Br)c1OCC. The van der Waals surface area contributed by atoms with Crippen molar-refractivity contribution in [1.82, 2.24) is 4.90 Å². The van der Waals surface area contributed by atoms with Gasteiger partial charge in [0.05, 0.1) is 47.2 Å². The van der Waals surface area contributed by atoms with E-state index in [9.17, 15) is 14.4 Å². The van der Waals surface area contributed by atoms with Crippen LogP contribution >= 0.6 is 27.7 Å². The molecule has 0 aliphatic carbocycles. The number of benzene rings is 2. The number of nitrogens with one attached hydrogen (secondary N) is 1. The molecule has 0 spiro atoms. The van der Waals surface area contributed by atoms with Crippen molar-refractivity contribution in [2.45, 2.75) is 13.8 Å². The lowest BCUT2D eigenvalue weighted by Gasteiger charge is -2.30. The van der Waals surface area contributed by atoms with E-state index in [4.69, 9.17) is 14.2 Å². The number of morpholine rings is 1. The van der Waals surface area contributed by atoms with Crippen LogP contribution in [0, 0.1) is 0 Å². The Kier molecular flexibility index (Phi) is 9.12. The van der Waals surface area contributed by atoms with Crippen molar-refractivity contribution >= 4 is 62.2 Å². The van der Waals surface area contributed by atoms with Crippen LogP contribution in [0.1, 0.15) is 19.4 Å². The second-order valence-corrected chi connectivity index (χ2v) is 9.98. The minimum Gasteiger partial charge on any atom is -0.490 e. The maximum absolute atomic E-state index is 13.0. The van der Waals surface area contributed by atoms with E-state index in [-0.39, 0.29) is 11.4 Å². The standard InChI is InChI=1S/C26H28BrN3O6S/c1-3-35-21-14-17(13-18(27)24(21)36-4-2)15-22-25(32)30(26(33)37-22)16-23(31)28-19-7-5-6-8-20(19)29-9-11-34-12-10-29/h5-8,13-15H,3-4,9-12,16H2,1-2H3,(H,28,31)/b22-15+. The molecule has 3 amide bonds. The first-order valence-corrected chi connectivity index (χ1v) is 13.6. The second-order valence-electron chi connectivity index (χ2n) is 8.13. The quantitative estimate of drug-likeness (QED) is 0.418. The van der Waals surface area contributed by atoms with Crippen molar-refractivity contribution in [2.24, 2.45) is 0 Å². The normalized spacial score (nSPS) is 16.9. The van der Waals surface area contributed by atoms with E-state index >= 15 is 0 Å². The van der Waals surface area contributed by atoms with Gasteiger partial charge in [0.25, 0.3) is 11.1 Å². The van der Waals surface area contributed by atoms with Crippen LogP contribution in [0.3, 0.4) is 0 Å². The third-order valence-corrected chi connectivity index (χ3v) is 7.12. The van der Waals surface area contributed by atoms with Crippen molar-refractivity contribution in [3.63, 3.8) is 0 Å².